The van der Waals surface area contributed by atoms with E-state index in [1.165, 1.54) is 12.1 Å². The number of methoxy groups -OCH3 is 1. The fourth-order valence-electron chi connectivity index (χ4n) is 2.64. The van der Waals surface area contributed by atoms with Crippen molar-refractivity contribution in [2.45, 2.75) is 38.6 Å². The molecule has 0 atom stereocenters. The molecule has 2 aromatic carbocycles. The summed E-state index contributed by atoms with van der Waals surface area (Å²) < 4.78 is 43.6. The highest BCUT2D eigenvalue weighted by molar-refractivity contribution is 6.31. The summed E-state index contributed by atoms with van der Waals surface area (Å²) in [6, 6.07) is 11.2. The fourth-order valence-corrected chi connectivity index (χ4v) is 3.07. The SMILES string of the molecule is COC(C)(C)c1ccc(CNCCc2cccc(C(F)(F)F)c2)cc1Cl. The minimum absolute atomic E-state index is 0.466. The van der Waals surface area contributed by atoms with Gasteiger partial charge in [0.2, 0.25) is 0 Å². The summed E-state index contributed by atoms with van der Waals surface area (Å²) in [6.45, 7) is 5.05. The predicted octanol–water partition coefficient (Wildman–Crippen LogP) is 5.57. The first-order valence-electron chi connectivity index (χ1n) is 8.34. The van der Waals surface area contributed by atoms with E-state index < -0.39 is 17.3 Å². The second-order valence-corrected chi connectivity index (χ2v) is 7.06. The summed E-state index contributed by atoms with van der Waals surface area (Å²) in [7, 11) is 1.64. The zero-order valence-electron chi connectivity index (χ0n) is 15.1. The maximum Gasteiger partial charge on any atom is 0.416 e. The Labute approximate surface area is 157 Å². The van der Waals surface area contributed by atoms with Crippen molar-refractivity contribution in [3.05, 3.63) is 69.7 Å². The molecule has 142 valence electrons. The molecule has 0 aliphatic heterocycles. The standard InChI is InChI=1S/C20H23ClF3NO/c1-19(2,26-3)17-8-7-15(12-18(17)21)13-25-10-9-14-5-4-6-16(11-14)20(22,23)24/h4-8,11-12,25H,9-10,13H2,1-3H3. The quantitative estimate of drug-likeness (QED) is 0.629. The van der Waals surface area contributed by atoms with Crippen molar-refractivity contribution < 1.29 is 17.9 Å². The Morgan fingerprint density at radius 2 is 1.77 bits per heavy atom. The Hall–Kier alpha value is -1.56. The molecular weight excluding hydrogens is 363 g/mol. The first-order chi connectivity index (χ1) is 12.1. The summed E-state index contributed by atoms with van der Waals surface area (Å²) in [4.78, 5) is 0. The second kappa shape index (κ2) is 8.42. The highest BCUT2D eigenvalue weighted by Gasteiger charge is 2.30. The third-order valence-corrected chi connectivity index (χ3v) is 4.68. The predicted molar refractivity (Wildman–Crippen MR) is 98.3 cm³/mol. The van der Waals surface area contributed by atoms with Gasteiger partial charge in [0.05, 0.1) is 11.2 Å². The van der Waals surface area contributed by atoms with Gasteiger partial charge in [-0.05, 0) is 50.1 Å². The van der Waals surface area contributed by atoms with Crippen LogP contribution in [0.5, 0.6) is 0 Å². The van der Waals surface area contributed by atoms with E-state index in [0.29, 0.717) is 30.1 Å². The van der Waals surface area contributed by atoms with Crippen LogP contribution in [0.3, 0.4) is 0 Å². The van der Waals surface area contributed by atoms with Crippen molar-refractivity contribution in [3.63, 3.8) is 0 Å². The van der Waals surface area contributed by atoms with Crippen LogP contribution in [-0.2, 0) is 29.5 Å². The van der Waals surface area contributed by atoms with Crippen molar-refractivity contribution in [2.75, 3.05) is 13.7 Å². The van der Waals surface area contributed by atoms with Crippen LogP contribution in [0.2, 0.25) is 5.02 Å². The van der Waals surface area contributed by atoms with Crippen molar-refractivity contribution >= 4 is 11.6 Å². The third kappa shape index (κ3) is 5.47. The van der Waals surface area contributed by atoms with Gasteiger partial charge in [-0.15, -0.1) is 0 Å². The number of halogens is 4. The van der Waals surface area contributed by atoms with Gasteiger partial charge in [-0.25, -0.2) is 0 Å². The number of benzene rings is 2. The molecule has 1 N–H and O–H groups in total. The van der Waals surface area contributed by atoms with Crippen LogP contribution in [0.1, 0.15) is 36.1 Å². The Balaban J connectivity index is 1.90. The molecule has 2 nitrogen and oxygen atoms in total. The van der Waals surface area contributed by atoms with Gasteiger partial charge in [-0.3, -0.25) is 0 Å². The van der Waals surface area contributed by atoms with E-state index in [9.17, 15) is 13.2 Å². The highest BCUT2D eigenvalue weighted by Crippen LogP contribution is 2.31. The van der Waals surface area contributed by atoms with Gasteiger partial charge in [-0.1, -0.05) is 41.9 Å². The third-order valence-electron chi connectivity index (χ3n) is 4.37. The minimum Gasteiger partial charge on any atom is -0.374 e. The average molecular weight is 386 g/mol. The molecule has 6 heteroatoms. The molecule has 0 aliphatic rings. The maximum absolute atomic E-state index is 12.7. The lowest BCUT2D eigenvalue weighted by Gasteiger charge is -2.25. The van der Waals surface area contributed by atoms with Gasteiger partial charge in [0.15, 0.2) is 0 Å². The average Bonchev–Trinajstić information content (AvgIpc) is 2.58. The van der Waals surface area contributed by atoms with E-state index in [-0.39, 0.29) is 0 Å². The van der Waals surface area contributed by atoms with Crippen LogP contribution in [0.25, 0.3) is 0 Å². The Kier molecular flexibility index (Phi) is 6.72. The minimum atomic E-state index is -4.31. The topological polar surface area (TPSA) is 21.3 Å². The Morgan fingerprint density at radius 1 is 1.04 bits per heavy atom. The number of hydrogen-bond donors (Lipinski definition) is 1. The molecule has 0 heterocycles. The molecule has 0 aromatic heterocycles. The lowest BCUT2D eigenvalue weighted by Crippen LogP contribution is -2.21. The summed E-state index contributed by atoms with van der Waals surface area (Å²) in [5.41, 5.74) is 1.50. The first kappa shape index (κ1) is 20.7. The first-order valence-corrected chi connectivity index (χ1v) is 8.72. The summed E-state index contributed by atoms with van der Waals surface area (Å²) in [5, 5.41) is 3.87. The molecule has 0 radical (unpaired) electrons. The van der Waals surface area contributed by atoms with Gasteiger partial charge in [0, 0.05) is 24.2 Å². The van der Waals surface area contributed by atoms with Gasteiger partial charge < -0.3 is 10.1 Å². The molecule has 26 heavy (non-hydrogen) atoms. The monoisotopic (exact) mass is 385 g/mol. The van der Waals surface area contributed by atoms with E-state index in [2.05, 4.69) is 5.32 Å². The van der Waals surface area contributed by atoms with Crippen LogP contribution in [0, 0.1) is 0 Å². The molecule has 0 bridgehead atoms. The summed E-state index contributed by atoms with van der Waals surface area (Å²) >= 11 is 6.35. The molecule has 0 amide bonds. The normalized spacial score (nSPS) is 12.4. The van der Waals surface area contributed by atoms with Gasteiger partial charge in [-0.2, -0.15) is 13.2 Å². The molecule has 0 aliphatic carbocycles. The molecule has 0 saturated carbocycles. The zero-order valence-corrected chi connectivity index (χ0v) is 15.8. The molecule has 0 spiro atoms. The van der Waals surface area contributed by atoms with Crippen molar-refractivity contribution in [2.24, 2.45) is 0 Å². The molecule has 0 unspecified atom stereocenters. The van der Waals surface area contributed by atoms with Crippen LogP contribution in [0.15, 0.2) is 42.5 Å². The Bertz CT molecular complexity index is 744. The van der Waals surface area contributed by atoms with Crippen LogP contribution < -0.4 is 5.32 Å². The number of rotatable bonds is 7. The van der Waals surface area contributed by atoms with Gasteiger partial charge >= 0.3 is 6.18 Å². The largest absolute Gasteiger partial charge is 0.416 e. The van der Waals surface area contributed by atoms with Gasteiger partial charge in [0.25, 0.3) is 0 Å². The number of alkyl halides is 3. The number of ether oxygens (including phenoxy) is 1. The van der Waals surface area contributed by atoms with Crippen LogP contribution in [-0.4, -0.2) is 13.7 Å². The van der Waals surface area contributed by atoms with Crippen molar-refractivity contribution in [1.82, 2.24) is 5.32 Å². The van der Waals surface area contributed by atoms with Crippen molar-refractivity contribution in [3.8, 4) is 0 Å². The number of hydrogen-bond acceptors (Lipinski definition) is 2. The van der Waals surface area contributed by atoms with Gasteiger partial charge in [0.1, 0.15) is 0 Å². The zero-order chi connectivity index (χ0) is 19.4. The smallest absolute Gasteiger partial charge is 0.374 e. The lowest BCUT2D eigenvalue weighted by atomic mass is 9.96. The molecular formula is C20H23ClF3NO. The maximum atomic E-state index is 12.7. The van der Waals surface area contributed by atoms with Crippen LogP contribution in [0.4, 0.5) is 13.2 Å². The molecule has 2 aromatic rings. The molecule has 2 rings (SSSR count). The number of nitrogens with one attached hydrogen (secondary N) is 1. The van der Waals surface area contributed by atoms with E-state index in [4.69, 9.17) is 16.3 Å². The van der Waals surface area contributed by atoms with Crippen molar-refractivity contribution in [1.29, 1.82) is 0 Å². The lowest BCUT2D eigenvalue weighted by molar-refractivity contribution is -0.137. The van der Waals surface area contributed by atoms with E-state index in [1.54, 1.807) is 13.2 Å². The summed E-state index contributed by atoms with van der Waals surface area (Å²) in [5.74, 6) is 0. The fraction of sp³-hybridized carbons (Fsp3) is 0.400. The van der Waals surface area contributed by atoms with E-state index in [1.807, 2.05) is 32.0 Å². The second-order valence-electron chi connectivity index (χ2n) is 6.65. The van der Waals surface area contributed by atoms with Crippen LogP contribution >= 0.6 is 11.6 Å². The van der Waals surface area contributed by atoms with E-state index >= 15 is 0 Å². The summed E-state index contributed by atoms with van der Waals surface area (Å²) in [6.07, 6.45) is -3.79. The molecule has 0 saturated heterocycles. The molecule has 0 fully saturated rings. The Morgan fingerprint density at radius 3 is 2.38 bits per heavy atom. The highest BCUT2D eigenvalue weighted by atomic mass is 35.5. The van der Waals surface area contributed by atoms with E-state index in [0.717, 1.165) is 17.2 Å².